The van der Waals surface area contributed by atoms with Gasteiger partial charge >= 0.3 is 5.91 Å². The second kappa shape index (κ2) is 8.75. The van der Waals surface area contributed by atoms with Crippen molar-refractivity contribution in [1.82, 2.24) is 4.98 Å². The minimum absolute atomic E-state index is 0.0714. The van der Waals surface area contributed by atoms with Gasteiger partial charge in [0.1, 0.15) is 23.3 Å². The van der Waals surface area contributed by atoms with Crippen LogP contribution in [0.4, 0.5) is 13.9 Å². The fraction of sp³-hybridized carbons (Fsp3) is 0.125. The number of thiazole rings is 1. The molecule has 1 fully saturated rings. The molecule has 0 radical (unpaired) electrons. The summed E-state index contributed by atoms with van der Waals surface area (Å²) in [5.41, 5.74) is 0.144. The molecule has 1 N–H and O–H groups in total. The zero-order valence-electron chi connectivity index (χ0n) is 18.2. The molecule has 1 aliphatic heterocycles. The van der Waals surface area contributed by atoms with Crippen molar-refractivity contribution < 1.29 is 33.0 Å². The molecule has 2 aromatic heterocycles. The molecule has 11 heteroatoms. The molecule has 3 heterocycles. The summed E-state index contributed by atoms with van der Waals surface area (Å²) in [7, 11) is 2.86. The van der Waals surface area contributed by atoms with Gasteiger partial charge in [0.05, 0.1) is 35.6 Å². The molecule has 0 spiro atoms. The summed E-state index contributed by atoms with van der Waals surface area (Å²) in [6.45, 7) is 0. The molecule has 4 aromatic rings. The Morgan fingerprint density at radius 1 is 1.09 bits per heavy atom. The van der Waals surface area contributed by atoms with E-state index in [2.05, 4.69) is 4.98 Å². The lowest BCUT2D eigenvalue weighted by Gasteiger charge is -2.21. The second-order valence-electron chi connectivity index (χ2n) is 7.48. The Morgan fingerprint density at radius 2 is 1.86 bits per heavy atom. The van der Waals surface area contributed by atoms with Crippen molar-refractivity contribution in [3.05, 3.63) is 75.5 Å². The molecule has 5 rings (SSSR count). The van der Waals surface area contributed by atoms with Crippen molar-refractivity contribution in [2.75, 3.05) is 19.1 Å². The van der Waals surface area contributed by atoms with E-state index in [1.165, 1.54) is 31.6 Å². The maximum atomic E-state index is 13.8. The standard InChI is InChI=1S/C24H16F2N2O5S2/c1-32-11-5-6-16(33-2)12(8-11)21(29)19-20(17-4-3-7-34-17)28(23(31)22(19)30)24-27-15-9-13(25)14(26)10-18(15)35-24/h3-10,20,29H,1-2H3/b21-19+. The van der Waals surface area contributed by atoms with Crippen LogP contribution in [-0.4, -0.2) is 36.0 Å². The number of anilines is 1. The highest BCUT2D eigenvalue weighted by molar-refractivity contribution is 7.22. The molecular weight excluding hydrogens is 498 g/mol. The number of rotatable bonds is 5. The normalized spacial score (nSPS) is 17.4. The van der Waals surface area contributed by atoms with E-state index in [1.807, 2.05) is 0 Å². The first kappa shape index (κ1) is 22.9. The molecule has 2 aromatic carbocycles. The van der Waals surface area contributed by atoms with Gasteiger partial charge in [0, 0.05) is 10.9 Å². The lowest BCUT2D eigenvalue weighted by Crippen LogP contribution is -2.28. The second-order valence-corrected chi connectivity index (χ2v) is 9.47. The van der Waals surface area contributed by atoms with Crippen LogP contribution in [0.2, 0.25) is 0 Å². The Kier molecular flexibility index (Phi) is 5.73. The van der Waals surface area contributed by atoms with E-state index in [0.717, 1.165) is 28.4 Å². The zero-order chi connectivity index (χ0) is 24.9. The van der Waals surface area contributed by atoms with Crippen molar-refractivity contribution in [1.29, 1.82) is 0 Å². The summed E-state index contributed by atoms with van der Waals surface area (Å²) < 4.78 is 38.4. The molecule has 1 atom stereocenters. The van der Waals surface area contributed by atoms with Crippen LogP contribution in [0.3, 0.4) is 0 Å². The number of thiophene rings is 1. The van der Waals surface area contributed by atoms with Crippen molar-refractivity contribution in [3.8, 4) is 11.5 Å². The first-order valence-electron chi connectivity index (χ1n) is 10.2. The number of fused-ring (bicyclic) bond motifs is 1. The van der Waals surface area contributed by atoms with Gasteiger partial charge in [-0.05, 0) is 35.7 Å². The number of hydrogen-bond acceptors (Lipinski definition) is 8. The summed E-state index contributed by atoms with van der Waals surface area (Å²) in [6, 6.07) is 9.07. The van der Waals surface area contributed by atoms with Crippen LogP contribution >= 0.6 is 22.7 Å². The quantitative estimate of drug-likeness (QED) is 0.222. The van der Waals surface area contributed by atoms with Gasteiger partial charge in [-0.3, -0.25) is 14.5 Å². The monoisotopic (exact) mass is 514 g/mol. The number of ketones is 1. The largest absolute Gasteiger partial charge is 0.507 e. The highest BCUT2D eigenvalue weighted by Gasteiger charge is 2.49. The van der Waals surface area contributed by atoms with Gasteiger partial charge in [-0.2, -0.15) is 0 Å². The highest BCUT2D eigenvalue weighted by atomic mass is 32.1. The highest BCUT2D eigenvalue weighted by Crippen LogP contribution is 2.46. The van der Waals surface area contributed by atoms with Crippen LogP contribution in [0.5, 0.6) is 11.5 Å². The third-order valence-electron chi connectivity index (χ3n) is 5.54. The van der Waals surface area contributed by atoms with E-state index in [1.54, 1.807) is 29.6 Å². The smallest absolute Gasteiger partial charge is 0.301 e. The molecule has 1 unspecified atom stereocenters. The Morgan fingerprint density at radius 3 is 2.54 bits per heavy atom. The molecule has 7 nitrogen and oxygen atoms in total. The number of benzene rings is 2. The van der Waals surface area contributed by atoms with Gasteiger partial charge in [0.25, 0.3) is 5.78 Å². The molecule has 1 aliphatic rings. The van der Waals surface area contributed by atoms with Gasteiger partial charge in [-0.25, -0.2) is 13.8 Å². The van der Waals surface area contributed by atoms with Crippen molar-refractivity contribution in [2.24, 2.45) is 0 Å². The topological polar surface area (TPSA) is 89.0 Å². The van der Waals surface area contributed by atoms with E-state index >= 15 is 0 Å². The summed E-state index contributed by atoms with van der Waals surface area (Å²) >= 11 is 2.22. The number of aromatic nitrogens is 1. The average Bonchev–Trinajstić information content (AvgIpc) is 3.57. The maximum Gasteiger partial charge on any atom is 0.301 e. The molecule has 0 bridgehead atoms. The number of ether oxygens (including phenoxy) is 2. The summed E-state index contributed by atoms with van der Waals surface area (Å²) in [5, 5.41) is 13.2. The minimum Gasteiger partial charge on any atom is -0.507 e. The molecule has 0 aliphatic carbocycles. The SMILES string of the molecule is COc1ccc(OC)c(/C(O)=C2\C(=O)C(=O)N(c3nc4cc(F)c(F)cc4s3)C2c2cccs2)c1. The Labute approximate surface area is 205 Å². The van der Waals surface area contributed by atoms with Gasteiger partial charge in [0.2, 0.25) is 0 Å². The number of carbonyl (C=O) groups excluding carboxylic acids is 2. The van der Waals surface area contributed by atoms with Crippen LogP contribution in [0.1, 0.15) is 16.5 Å². The van der Waals surface area contributed by atoms with Crippen molar-refractivity contribution in [3.63, 3.8) is 0 Å². The predicted octanol–water partition coefficient (Wildman–Crippen LogP) is 5.28. The zero-order valence-corrected chi connectivity index (χ0v) is 19.9. The van der Waals surface area contributed by atoms with Gasteiger partial charge < -0.3 is 14.6 Å². The first-order valence-corrected chi connectivity index (χ1v) is 11.9. The maximum absolute atomic E-state index is 13.8. The third kappa shape index (κ3) is 3.72. The van der Waals surface area contributed by atoms with Gasteiger partial charge in [-0.1, -0.05) is 17.4 Å². The Balaban J connectivity index is 1.73. The van der Waals surface area contributed by atoms with E-state index < -0.39 is 35.1 Å². The minimum atomic E-state index is -1.07. The molecule has 1 saturated heterocycles. The predicted molar refractivity (Wildman–Crippen MR) is 128 cm³/mol. The van der Waals surface area contributed by atoms with Crippen LogP contribution in [0.15, 0.2) is 53.4 Å². The summed E-state index contributed by atoms with van der Waals surface area (Å²) in [5.74, 6) is -3.74. The average molecular weight is 515 g/mol. The third-order valence-corrected chi connectivity index (χ3v) is 7.49. The van der Waals surface area contributed by atoms with E-state index in [0.29, 0.717) is 15.3 Å². The summed E-state index contributed by atoms with van der Waals surface area (Å²) in [6.07, 6.45) is 0. The molecular formula is C24H16F2N2O5S2. The number of aliphatic hydroxyl groups is 1. The Bertz CT molecular complexity index is 1470. The number of carbonyl (C=O) groups is 2. The number of amides is 1. The van der Waals surface area contributed by atoms with Crippen molar-refractivity contribution in [2.45, 2.75) is 6.04 Å². The lowest BCUT2D eigenvalue weighted by molar-refractivity contribution is -0.132. The number of Topliss-reactive ketones (excluding diaryl/α,β-unsaturated/α-hetero) is 1. The number of aliphatic hydroxyl groups excluding tert-OH is 1. The van der Waals surface area contributed by atoms with Gasteiger partial charge in [-0.15, -0.1) is 11.3 Å². The van der Waals surface area contributed by atoms with Crippen LogP contribution < -0.4 is 14.4 Å². The number of methoxy groups -OCH3 is 2. The first-order chi connectivity index (χ1) is 16.8. The fourth-order valence-electron chi connectivity index (χ4n) is 3.90. The summed E-state index contributed by atoms with van der Waals surface area (Å²) in [4.78, 5) is 32.5. The lowest BCUT2D eigenvalue weighted by atomic mass is 9.99. The van der Waals surface area contributed by atoms with Crippen LogP contribution in [0, 0.1) is 11.6 Å². The Hall–Kier alpha value is -3.83. The molecule has 178 valence electrons. The molecule has 1 amide bonds. The van der Waals surface area contributed by atoms with E-state index in [-0.39, 0.29) is 27.5 Å². The number of nitrogens with zero attached hydrogens (tertiary/aromatic N) is 2. The number of hydrogen-bond donors (Lipinski definition) is 1. The number of halogens is 2. The van der Waals surface area contributed by atoms with Crippen molar-refractivity contribution >= 4 is 55.5 Å². The van der Waals surface area contributed by atoms with Crippen LogP contribution in [0.25, 0.3) is 16.0 Å². The van der Waals surface area contributed by atoms with Crippen LogP contribution in [-0.2, 0) is 9.59 Å². The molecule has 35 heavy (non-hydrogen) atoms. The van der Waals surface area contributed by atoms with Gasteiger partial charge in [0.15, 0.2) is 16.8 Å². The fourth-order valence-corrected chi connectivity index (χ4v) is 5.73. The van der Waals surface area contributed by atoms with E-state index in [4.69, 9.17) is 9.47 Å². The van der Waals surface area contributed by atoms with E-state index in [9.17, 15) is 23.5 Å². The molecule has 0 saturated carbocycles.